The Morgan fingerprint density at radius 2 is 1.96 bits per heavy atom. The van der Waals surface area contributed by atoms with Gasteiger partial charge in [0.15, 0.2) is 5.82 Å². The van der Waals surface area contributed by atoms with E-state index in [-0.39, 0.29) is 5.91 Å². The summed E-state index contributed by atoms with van der Waals surface area (Å²) in [6, 6.07) is 0.528. The first-order chi connectivity index (χ1) is 13.0. The van der Waals surface area contributed by atoms with Crippen molar-refractivity contribution in [1.29, 1.82) is 0 Å². The van der Waals surface area contributed by atoms with Crippen molar-refractivity contribution in [3.63, 3.8) is 0 Å². The average Bonchev–Trinajstić information content (AvgIpc) is 3.22. The summed E-state index contributed by atoms with van der Waals surface area (Å²) in [7, 11) is 1.59. The van der Waals surface area contributed by atoms with Gasteiger partial charge < -0.3 is 18.8 Å². The number of carbonyl (C=O) groups is 1. The van der Waals surface area contributed by atoms with E-state index in [1.54, 1.807) is 13.3 Å². The number of likely N-dealkylation sites (tertiary alicyclic amines) is 1. The molecule has 8 nitrogen and oxygen atoms in total. The molecule has 8 heteroatoms. The average molecular weight is 372 g/mol. The highest BCUT2D eigenvalue weighted by molar-refractivity contribution is 5.84. The molecule has 0 N–H and O–H groups in total. The van der Waals surface area contributed by atoms with Crippen LogP contribution in [-0.4, -0.2) is 60.9 Å². The van der Waals surface area contributed by atoms with Crippen LogP contribution in [0.1, 0.15) is 63.1 Å². The Bertz CT molecular complexity index is 785. The van der Waals surface area contributed by atoms with Gasteiger partial charge in [-0.15, -0.1) is 10.2 Å². The number of methoxy groups -OCH3 is 1. The molecule has 0 bridgehead atoms. The topological polar surface area (TPSA) is 78.1 Å². The van der Waals surface area contributed by atoms with Gasteiger partial charge in [0.2, 0.25) is 0 Å². The summed E-state index contributed by atoms with van der Waals surface area (Å²) in [4.78, 5) is 18.7. The van der Waals surface area contributed by atoms with Crippen molar-refractivity contribution in [1.82, 2.24) is 29.2 Å². The summed E-state index contributed by atoms with van der Waals surface area (Å²) < 4.78 is 9.73. The van der Waals surface area contributed by atoms with Crippen molar-refractivity contribution in [3.8, 4) is 0 Å². The Balaban J connectivity index is 1.47. The second-order valence-corrected chi connectivity index (χ2v) is 8.09. The van der Waals surface area contributed by atoms with Crippen LogP contribution in [0.3, 0.4) is 0 Å². The van der Waals surface area contributed by atoms with Crippen LogP contribution < -0.4 is 0 Å². The third-order valence-corrected chi connectivity index (χ3v) is 5.76. The molecule has 0 radical (unpaired) electrons. The van der Waals surface area contributed by atoms with E-state index >= 15 is 0 Å². The Morgan fingerprint density at radius 1 is 1.22 bits per heavy atom. The highest BCUT2D eigenvalue weighted by Gasteiger charge is 2.37. The zero-order valence-electron chi connectivity index (χ0n) is 16.3. The van der Waals surface area contributed by atoms with E-state index in [9.17, 15) is 4.79 Å². The summed E-state index contributed by atoms with van der Waals surface area (Å²) in [5.74, 6) is 2.51. The zero-order valence-corrected chi connectivity index (χ0v) is 16.3. The first kappa shape index (κ1) is 18.2. The fraction of sp³-hybridized carbons (Fsp3) is 0.684. The number of rotatable bonds is 6. The second-order valence-electron chi connectivity index (χ2n) is 8.09. The number of carbonyl (C=O) groups excluding carboxylic acids is 1. The number of ether oxygens (including phenoxy) is 1. The molecule has 1 aliphatic heterocycles. The monoisotopic (exact) mass is 372 g/mol. The van der Waals surface area contributed by atoms with Crippen molar-refractivity contribution in [2.75, 3.05) is 20.2 Å². The summed E-state index contributed by atoms with van der Waals surface area (Å²) in [5, 5.41) is 9.07. The van der Waals surface area contributed by atoms with Gasteiger partial charge in [-0.05, 0) is 39.5 Å². The van der Waals surface area contributed by atoms with Crippen molar-refractivity contribution >= 4 is 5.91 Å². The molecule has 1 aliphatic carbocycles. The molecule has 4 rings (SSSR count). The molecule has 2 fully saturated rings. The lowest BCUT2D eigenvalue weighted by molar-refractivity contribution is -0.152. The van der Waals surface area contributed by atoms with E-state index in [0.717, 1.165) is 37.6 Å². The van der Waals surface area contributed by atoms with Crippen LogP contribution in [0.5, 0.6) is 0 Å². The minimum absolute atomic E-state index is 0.0629. The minimum Gasteiger partial charge on any atom is -0.369 e. The van der Waals surface area contributed by atoms with Gasteiger partial charge in [0.1, 0.15) is 11.4 Å². The first-order valence-electron chi connectivity index (χ1n) is 9.73. The highest BCUT2D eigenvalue weighted by Crippen LogP contribution is 2.40. The standard InChI is InChI=1S/C19H28N6O2/c1-19(2,27-3)18(26)24-9-6-14(7-10-24)17-22-21-16(25(17)15-4-5-15)12-23-11-8-20-13-23/h8,11,13-15H,4-7,9-10,12H2,1-3H3. The minimum atomic E-state index is -0.765. The van der Waals surface area contributed by atoms with Crippen LogP contribution in [0.4, 0.5) is 0 Å². The highest BCUT2D eigenvalue weighted by atomic mass is 16.5. The summed E-state index contributed by atoms with van der Waals surface area (Å²) in [5.41, 5.74) is -0.765. The maximum Gasteiger partial charge on any atom is 0.254 e. The molecular formula is C19H28N6O2. The molecule has 1 saturated carbocycles. The largest absolute Gasteiger partial charge is 0.369 e. The third-order valence-electron chi connectivity index (χ3n) is 5.76. The van der Waals surface area contributed by atoms with E-state index in [2.05, 4.69) is 19.7 Å². The number of imidazole rings is 1. The van der Waals surface area contributed by atoms with E-state index < -0.39 is 5.60 Å². The van der Waals surface area contributed by atoms with Gasteiger partial charge in [-0.1, -0.05) is 0 Å². The number of nitrogens with zero attached hydrogens (tertiary/aromatic N) is 6. The third kappa shape index (κ3) is 3.63. The Labute approximate surface area is 159 Å². The van der Waals surface area contributed by atoms with Gasteiger partial charge in [0.25, 0.3) is 5.91 Å². The lowest BCUT2D eigenvalue weighted by atomic mass is 9.94. The van der Waals surface area contributed by atoms with Crippen LogP contribution in [0, 0.1) is 0 Å². The molecule has 0 unspecified atom stereocenters. The van der Waals surface area contributed by atoms with Crippen LogP contribution in [0.2, 0.25) is 0 Å². The van der Waals surface area contributed by atoms with E-state index in [4.69, 9.17) is 4.74 Å². The summed E-state index contributed by atoms with van der Waals surface area (Å²) in [6.07, 6.45) is 9.78. The van der Waals surface area contributed by atoms with Crippen molar-refractivity contribution in [2.45, 2.75) is 63.6 Å². The van der Waals surface area contributed by atoms with E-state index in [1.807, 2.05) is 35.8 Å². The van der Waals surface area contributed by atoms with E-state index in [0.29, 0.717) is 18.5 Å². The van der Waals surface area contributed by atoms with Crippen molar-refractivity contribution < 1.29 is 9.53 Å². The lowest BCUT2D eigenvalue weighted by Crippen LogP contribution is -2.49. The van der Waals surface area contributed by atoms with Gasteiger partial charge >= 0.3 is 0 Å². The fourth-order valence-electron chi connectivity index (χ4n) is 3.81. The molecule has 1 amide bonds. The van der Waals surface area contributed by atoms with Crippen molar-refractivity contribution in [3.05, 3.63) is 30.4 Å². The maximum absolute atomic E-state index is 12.6. The van der Waals surface area contributed by atoms with Gasteiger partial charge in [0, 0.05) is 44.6 Å². The molecular weight excluding hydrogens is 344 g/mol. The zero-order chi connectivity index (χ0) is 19.0. The van der Waals surface area contributed by atoms with Crippen molar-refractivity contribution in [2.24, 2.45) is 0 Å². The number of hydrogen-bond acceptors (Lipinski definition) is 5. The van der Waals surface area contributed by atoms with Gasteiger partial charge in [-0.2, -0.15) is 0 Å². The number of amides is 1. The van der Waals surface area contributed by atoms with Gasteiger partial charge in [-0.25, -0.2) is 4.98 Å². The van der Waals surface area contributed by atoms with E-state index in [1.165, 1.54) is 12.8 Å². The SMILES string of the molecule is COC(C)(C)C(=O)N1CCC(c2nnc(Cn3ccnc3)n2C2CC2)CC1. The van der Waals surface area contributed by atoms with Crippen LogP contribution in [0.25, 0.3) is 0 Å². The molecule has 0 spiro atoms. The first-order valence-corrected chi connectivity index (χ1v) is 9.73. The Morgan fingerprint density at radius 3 is 2.56 bits per heavy atom. The summed E-state index contributed by atoms with van der Waals surface area (Å²) in [6.45, 7) is 5.83. The maximum atomic E-state index is 12.6. The smallest absolute Gasteiger partial charge is 0.254 e. The second kappa shape index (κ2) is 7.07. The molecule has 2 aliphatic rings. The molecule has 2 aromatic heterocycles. The molecule has 2 aromatic rings. The van der Waals surface area contributed by atoms with Crippen LogP contribution >= 0.6 is 0 Å². The summed E-state index contributed by atoms with van der Waals surface area (Å²) >= 11 is 0. The molecule has 27 heavy (non-hydrogen) atoms. The lowest BCUT2D eigenvalue weighted by Gasteiger charge is -2.36. The molecule has 3 heterocycles. The van der Waals surface area contributed by atoms with Gasteiger partial charge in [0.05, 0.1) is 12.9 Å². The predicted octanol–water partition coefficient (Wildman–Crippen LogP) is 1.99. The Kier molecular flexibility index (Phi) is 4.75. The number of hydrogen-bond donors (Lipinski definition) is 0. The molecule has 0 atom stereocenters. The quantitative estimate of drug-likeness (QED) is 0.775. The van der Waals surface area contributed by atoms with Crippen LogP contribution in [-0.2, 0) is 16.1 Å². The fourth-order valence-corrected chi connectivity index (χ4v) is 3.81. The van der Waals surface area contributed by atoms with Gasteiger partial charge in [-0.3, -0.25) is 4.79 Å². The Hall–Kier alpha value is -2.22. The predicted molar refractivity (Wildman–Crippen MR) is 99.3 cm³/mol. The molecule has 146 valence electrons. The number of aromatic nitrogens is 5. The number of piperidine rings is 1. The normalized spacial score (nSPS) is 18.9. The molecule has 0 aromatic carbocycles. The molecule has 1 saturated heterocycles. The van der Waals surface area contributed by atoms with Crippen LogP contribution in [0.15, 0.2) is 18.7 Å².